The van der Waals surface area contributed by atoms with Crippen molar-refractivity contribution in [3.05, 3.63) is 47.4 Å². The van der Waals surface area contributed by atoms with Crippen molar-refractivity contribution in [1.82, 2.24) is 20.0 Å². The number of nitrogens with one attached hydrogen (secondary N) is 3. The number of hydrogen-bond acceptors (Lipinski definition) is 4. The zero-order valence-corrected chi connectivity index (χ0v) is 11.0. The fourth-order valence-corrected chi connectivity index (χ4v) is 3.02. The minimum absolute atomic E-state index is 0.0790. The van der Waals surface area contributed by atoms with Gasteiger partial charge in [0.25, 0.3) is 10.0 Å². The molecule has 6 nitrogen and oxygen atoms in total. The summed E-state index contributed by atoms with van der Waals surface area (Å²) in [4.78, 5) is 6.29. The number of hydrogen-bond donors (Lipinski definition) is 3. The number of H-pyrrole nitrogens is 1. The van der Waals surface area contributed by atoms with Gasteiger partial charge in [-0.1, -0.05) is 18.2 Å². The number of benzene rings is 1. The van der Waals surface area contributed by atoms with Crippen LogP contribution in [0.1, 0.15) is 16.7 Å². The van der Waals surface area contributed by atoms with Gasteiger partial charge in [0, 0.05) is 19.6 Å². The highest BCUT2D eigenvalue weighted by atomic mass is 32.2. The van der Waals surface area contributed by atoms with Gasteiger partial charge in [-0.05, 0) is 16.7 Å². The molecule has 0 atom stereocenters. The highest BCUT2D eigenvalue weighted by Crippen LogP contribution is 2.17. The molecular formula is C12H14N4O2S. The number of nitrogens with zero attached hydrogens (tertiary/aromatic N) is 1. The summed E-state index contributed by atoms with van der Waals surface area (Å²) < 4.78 is 26.4. The van der Waals surface area contributed by atoms with Crippen molar-refractivity contribution in [2.24, 2.45) is 0 Å². The average Bonchev–Trinajstić information content (AvgIpc) is 3.07. The molecule has 0 bridgehead atoms. The van der Waals surface area contributed by atoms with Crippen LogP contribution in [0.4, 0.5) is 0 Å². The lowest BCUT2D eigenvalue weighted by Crippen LogP contribution is -2.23. The highest BCUT2D eigenvalue weighted by Gasteiger charge is 2.16. The maximum absolute atomic E-state index is 11.9. The molecule has 0 fully saturated rings. The van der Waals surface area contributed by atoms with E-state index in [1.54, 1.807) is 0 Å². The molecule has 0 saturated heterocycles. The second-order valence-corrected chi connectivity index (χ2v) is 6.18. The second kappa shape index (κ2) is 4.76. The van der Waals surface area contributed by atoms with E-state index in [0.29, 0.717) is 0 Å². The van der Waals surface area contributed by atoms with E-state index in [4.69, 9.17) is 0 Å². The van der Waals surface area contributed by atoms with Gasteiger partial charge in [-0.25, -0.2) is 18.1 Å². The Morgan fingerprint density at radius 3 is 2.89 bits per heavy atom. The number of imidazole rings is 1. The summed E-state index contributed by atoms with van der Waals surface area (Å²) in [7, 11) is -3.51. The first-order valence-corrected chi connectivity index (χ1v) is 7.43. The first-order chi connectivity index (χ1) is 9.15. The normalized spacial score (nSPS) is 14.5. The zero-order chi connectivity index (χ0) is 13.3. The van der Waals surface area contributed by atoms with Gasteiger partial charge in [0.2, 0.25) is 0 Å². The Hall–Kier alpha value is -1.70. The van der Waals surface area contributed by atoms with Gasteiger partial charge in [0.15, 0.2) is 5.03 Å². The molecule has 7 heteroatoms. The standard InChI is InChI=1S/C12H14N4O2S/c17-19(18,12-7-14-8-15-12)16-4-9-1-2-10-5-13-6-11(10)3-9/h1-3,7-8,13,16H,4-6H2,(H,14,15). The zero-order valence-electron chi connectivity index (χ0n) is 10.2. The summed E-state index contributed by atoms with van der Waals surface area (Å²) in [6, 6.07) is 6.02. The van der Waals surface area contributed by atoms with Gasteiger partial charge in [0.1, 0.15) is 0 Å². The van der Waals surface area contributed by atoms with Crippen LogP contribution in [0.25, 0.3) is 0 Å². The molecule has 1 aromatic heterocycles. The maximum Gasteiger partial charge on any atom is 0.257 e. The first-order valence-electron chi connectivity index (χ1n) is 5.94. The molecule has 3 N–H and O–H groups in total. The lowest BCUT2D eigenvalue weighted by Gasteiger charge is -2.06. The lowest BCUT2D eigenvalue weighted by atomic mass is 10.1. The van der Waals surface area contributed by atoms with Crippen LogP contribution in [0.2, 0.25) is 0 Å². The molecule has 100 valence electrons. The minimum atomic E-state index is -3.51. The van der Waals surface area contributed by atoms with Crippen molar-refractivity contribution in [2.75, 3.05) is 0 Å². The summed E-state index contributed by atoms with van der Waals surface area (Å²) in [6.45, 7) is 2.00. The van der Waals surface area contributed by atoms with Crippen LogP contribution in [-0.4, -0.2) is 18.4 Å². The van der Waals surface area contributed by atoms with Crippen LogP contribution in [0.15, 0.2) is 35.7 Å². The molecular weight excluding hydrogens is 264 g/mol. The molecule has 1 aliphatic heterocycles. The van der Waals surface area contributed by atoms with Crippen molar-refractivity contribution >= 4 is 10.0 Å². The van der Waals surface area contributed by atoms with E-state index in [-0.39, 0.29) is 11.6 Å². The maximum atomic E-state index is 11.9. The predicted octanol–water partition coefficient (Wildman–Crippen LogP) is 0.491. The van der Waals surface area contributed by atoms with E-state index < -0.39 is 10.0 Å². The molecule has 0 spiro atoms. The Morgan fingerprint density at radius 2 is 2.11 bits per heavy atom. The van der Waals surface area contributed by atoms with Crippen molar-refractivity contribution < 1.29 is 8.42 Å². The van der Waals surface area contributed by atoms with Crippen molar-refractivity contribution in [2.45, 2.75) is 24.7 Å². The summed E-state index contributed by atoms with van der Waals surface area (Å²) in [5.41, 5.74) is 3.46. The van der Waals surface area contributed by atoms with Crippen LogP contribution in [0.5, 0.6) is 0 Å². The lowest BCUT2D eigenvalue weighted by molar-refractivity contribution is 0.578. The third-order valence-corrected chi connectivity index (χ3v) is 4.46. The summed E-state index contributed by atoms with van der Waals surface area (Å²) in [6.07, 6.45) is 2.63. The molecule has 2 heterocycles. The SMILES string of the molecule is O=S(=O)(NCc1ccc2c(c1)CNC2)c1cnc[nH]1. The van der Waals surface area contributed by atoms with Gasteiger partial charge in [-0.3, -0.25) is 0 Å². The van der Waals surface area contributed by atoms with Gasteiger partial charge in [0.05, 0.1) is 12.5 Å². The molecule has 1 aromatic carbocycles. The Labute approximate surface area is 111 Å². The van der Waals surface area contributed by atoms with E-state index in [1.807, 2.05) is 18.2 Å². The van der Waals surface area contributed by atoms with Crippen LogP contribution in [0, 0.1) is 0 Å². The van der Waals surface area contributed by atoms with Gasteiger partial charge < -0.3 is 10.3 Å². The van der Waals surface area contributed by atoms with Crippen molar-refractivity contribution in [3.63, 3.8) is 0 Å². The average molecular weight is 278 g/mol. The monoisotopic (exact) mass is 278 g/mol. The number of sulfonamides is 1. The summed E-state index contributed by atoms with van der Waals surface area (Å²) in [5.74, 6) is 0. The van der Waals surface area contributed by atoms with Gasteiger partial charge in [-0.15, -0.1) is 0 Å². The Kier molecular flexibility index (Phi) is 3.09. The van der Waals surface area contributed by atoms with Crippen LogP contribution < -0.4 is 10.0 Å². The summed E-state index contributed by atoms with van der Waals surface area (Å²) >= 11 is 0. The van der Waals surface area contributed by atoms with E-state index in [1.165, 1.54) is 23.7 Å². The summed E-state index contributed by atoms with van der Waals surface area (Å²) in [5, 5.41) is 3.34. The number of rotatable bonds is 4. The number of aromatic amines is 1. The van der Waals surface area contributed by atoms with Crippen LogP contribution in [-0.2, 0) is 29.7 Å². The third kappa shape index (κ3) is 2.53. The van der Waals surface area contributed by atoms with E-state index in [0.717, 1.165) is 18.7 Å². The molecule has 0 saturated carbocycles. The molecule has 0 amide bonds. The number of aromatic nitrogens is 2. The Morgan fingerprint density at radius 1 is 1.26 bits per heavy atom. The minimum Gasteiger partial charge on any atom is -0.335 e. The molecule has 3 rings (SSSR count). The van der Waals surface area contributed by atoms with Crippen molar-refractivity contribution in [3.8, 4) is 0 Å². The van der Waals surface area contributed by atoms with Crippen LogP contribution in [0.3, 0.4) is 0 Å². The first kappa shape index (κ1) is 12.3. The number of fused-ring (bicyclic) bond motifs is 1. The molecule has 0 aliphatic carbocycles. The third-order valence-electron chi connectivity index (χ3n) is 3.13. The quantitative estimate of drug-likeness (QED) is 0.759. The second-order valence-electron chi connectivity index (χ2n) is 4.45. The Balaban J connectivity index is 1.73. The van der Waals surface area contributed by atoms with Gasteiger partial charge >= 0.3 is 0 Å². The topological polar surface area (TPSA) is 86.9 Å². The van der Waals surface area contributed by atoms with E-state index in [2.05, 4.69) is 20.0 Å². The smallest absolute Gasteiger partial charge is 0.257 e. The largest absolute Gasteiger partial charge is 0.335 e. The molecule has 0 unspecified atom stereocenters. The molecule has 1 aliphatic rings. The molecule has 19 heavy (non-hydrogen) atoms. The fourth-order valence-electron chi connectivity index (χ4n) is 2.10. The van der Waals surface area contributed by atoms with Crippen molar-refractivity contribution in [1.29, 1.82) is 0 Å². The van der Waals surface area contributed by atoms with Gasteiger partial charge in [-0.2, -0.15) is 0 Å². The highest BCUT2D eigenvalue weighted by molar-refractivity contribution is 7.89. The van der Waals surface area contributed by atoms with Crippen LogP contribution >= 0.6 is 0 Å². The fraction of sp³-hybridized carbons (Fsp3) is 0.250. The Bertz CT molecular complexity index is 680. The van der Waals surface area contributed by atoms with E-state index in [9.17, 15) is 8.42 Å². The molecule has 0 radical (unpaired) electrons. The predicted molar refractivity (Wildman–Crippen MR) is 69.6 cm³/mol. The molecule has 2 aromatic rings. The van der Waals surface area contributed by atoms with E-state index >= 15 is 0 Å².